The van der Waals surface area contributed by atoms with Gasteiger partial charge in [0.1, 0.15) is 0 Å². The summed E-state index contributed by atoms with van der Waals surface area (Å²) < 4.78 is 6.66. The van der Waals surface area contributed by atoms with Gasteiger partial charge in [0.15, 0.2) is 5.75 Å². The highest BCUT2D eigenvalue weighted by molar-refractivity contribution is 14.1. The Kier molecular flexibility index (Phi) is 5.35. The number of carbonyl (C=O) groups excluding carboxylic acids is 1. The van der Waals surface area contributed by atoms with E-state index in [4.69, 9.17) is 4.74 Å². The van der Waals surface area contributed by atoms with Gasteiger partial charge < -0.3 is 10.1 Å². The third-order valence-electron chi connectivity index (χ3n) is 2.82. The Bertz CT molecular complexity index is 752. The second kappa shape index (κ2) is 7.05. The molecule has 22 heavy (non-hydrogen) atoms. The summed E-state index contributed by atoms with van der Waals surface area (Å²) in [5, 5.41) is 13.7. The van der Waals surface area contributed by atoms with Gasteiger partial charge in [-0.3, -0.25) is 14.9 Å². The van der Waals surface area contributed by atoms with Gasteiger partial charge in [-0.25, -0.2) is 0 Å². The van der Waals surface area contributed by atoms with Gasteiger partial charge in [-0.05, 0) is 52.9 Å². The van der Waals surface area contributed by atoms with Crippen LogP contribution in [0, 0.1) is 13.7 Å². The van der Waals surface area contributed by atoms with E-state index in [1.165, 1.54) is 25.3 Å². The fourth-order valence-electron chi connectivity index (χ4n) is 1.76. The summed E-state index contributed by atoms with van der Waals surface area (Å²) in [4.78, 5) is 22.6. The molecular weight excluding hydrogens is 467 g/mol. The number of anilines is 1. The Morgan fingerprint density at radius 2 is 2.05 bits per heavy atom. The van der Waals surface area contributed by atoms with Crippen molar-refractivity contribution in [2.45, 2.75) is 0 Å². The van der Waals surface area contributed by atoms with Crippen LogP contribution >= 0.6 is 38.5 Å². The van der Waals surface area contributed by atoms with Gasteiger partial charge in [0, 0.05) is 19.7 Å². The molecule has 2 aromatic carbocycles. The van der Waals surface area contributed by atoms with Crippen molar-refractivity contribution >= 4 is 55.8 Å². The van der Waals surface area contributed by atoms with Crippen LogP contribution in [0.4, 0.5) is 11.4 Å². The highest BCUT2D eigenvalue weighted by Crippen LogP contribution is 2.28. The van der Waals surface area contributed by atoms with E-state index in [-0.39, 0.29) is 17.0 Å². The van der Waals surface area contributed by atoms with Gasteiger partial charge in [0.25, 0.3) is 5.91 Å². The summed E-state index contributed by atoms with van der Waals surface area (Å²) in [6, 6.07) is 9.48. The fourth-order valence-corrected chi connectivity index (χ4v) is 3.20. The van der Waals surface area contributed by atoms with Crippen LogP contribution in [-0.4, -0.2) is 17.9 Å². The molecule has 8 heteroatoms. The van der Waals surface area contributed by atoms with Crippen LogP contribution in [0.2, 0.25) is 0 Å². The van der Waals surface area contributed by atoms with Crippen molar-refractivity contribution in [3.63, 3.8) is 0 Å². The maximum Gasteiger partial charge on any atom is 0.311 e. The van der Waals surface area contributed by atoms with Crippen molar-refractivity contribution < 1.29 is 14.5 Å². The molecule has 2 aromatic rings. The van der Waals surface area contributed by atoms with Crippen LogP contribution in [-0.2, 0) is 0 Å². The highest BCUT2D eigenvalue weighted by Gasteiger charge is 2.18. The molecule has 0 radical (unpaired) electrons. The van der Waals surface area contributed by atoms with Crippen LogP contribution in [0.25, 0.3) is 0 Å². The largest absolute Gasteiger partial charge is 0.490 e. The zero-order chi connectivity index (χ0) is 16.3. The quantitative estimate of drug-likeness (QED) is 0.407. The Morgan fingerprint density at radius 1 is 1.32 bits per heavy atom. The topological polar surface area (TPSA) is 81.5 Å². The summed E-state index contributed by atoms with van der Waals surface area (Å²) in [6.07, 6.45) is 0. The van der Waals surface area contributed by atoms with E-state index in [1.807, 2.05) is 6.07 Å². The molecule has 0 fully saturated rings. The smallest absolute Gasteiger partial charge is 0.311 e. The van der Waals surface area contributed by atoms with E-state index < -0.39 is 10.8 Å². The summed E-state index contributed by atoms with van der Waals surface area (Å²) in [5.41, 5.74) is 0.569. The average molecular weight is 477 g/mol. The third-order valence-corrected chi connectivity index (χ3v) is 4.20. The molecule has 0 bridgehead atoms. The number of benzene rings is 2. The number of amides is 1. The first-order valence-corrected chi connectivity index (χ1v) is 7.88. The van der Waals surface area contributed by atoms with E-state index in [1.54, 1.807) is 12.1 Å². The number of ether oxygens (including phenoxy) is 1. The summed E-state index contributed by atoms with van der Waals surface area (Å²) in [7, 11) is 1.34. The monoisotopic (exact) mass is 476 g/mol. The van der Waals surface area contributed by atoms with Crippen LogP contribution in [0.1, 0.15) is 10.4 Å². The van der Waals surface area contributed by atoms with Crippen molar-refractivity contribution in [1.29, 1.82) is 0 Å². The highest BCUT2D eigenvalue weighted by atomic mass is 127. The predicted molar refractivity (Wildman–Crippen MR) is 94.5 cm³/mol. The van der Waals surface area contributed by atoms with E-state index in [2.05, 4.69) is 43.8 Å². The van der Waals surface area contributed by atoms with Crippen LogP contribution in [0.3, 0.4) is 0 Å². The number of hydrogen-bond donors (Lipinski definition) is 1. The molecule has 0 saturated heterocycles. The number of nitrogens with one attached hydrogen (secondary N) is 1. The van der Waals surface area contributed by atoms with Gasteiger partial charge in [-0.2, -0.15) is 0 Å². The number of nitro groups is 1. The van der Waals surface area contributed by atoms with Gasteiger partial charge in [0.05, 0.1) is 17.7 Å². The van der Waals surface area contributed by atoms with Crippen molar-refractivity contribution in [2.24, 2.45) is 0 Å². The van der Waals surface area contributed by atoms with E-state index in [0.29, 0.717) is 5.69 Å². The van der Waals surface area contributed by atoms with Gasteiger partial charge in [-0.1, -0.05) is 15.9 Å². The van der Waals surface area contributed by atoms with E-state index >= 15 is 0 Å². The molecule has 0 aliphatic rings. The summed E-state index contributed by atoms with van der Waals surface area (Å²) in [6.45, 7) is 0. The molecule has 0 aliphatic carbocycles. The minimum absolute atomic E-state index is 0.111. The maximum atomic E-state index is 12.2. The normalized spacial score (nSPS) is 10.1. The number of halogens is 2. The lowest BCUT2D eigenvalue weighted by Crippen LogP contribution is -2.13. The van der Waals surface area contributed by atoms with Gasteiger partial charge in [0.2, 0.25) is 0 Å². The first-order chi connectivity index (χ1) is 10.4. The average Bonchev–Trinajstić information content (AvgIpc) is 2.49. The lowest BCUT2D eigenvalue weighted by atomic mass is 10.1. The van der Waals surface area contributed by atoms with Crippen LogP contribution in [0.15, 0.2) is 40.9 Å². The van der Waals surface area contributed by atoms with Crippen LogP contribution in [0.5, 0.6) is 5.75 Å². The molecule has 1 amide bonds. The van der Waals surface area contributed by atoms with E-state index in [0.717, 1.165) is 8.04 Å². The molecule has 114 valence electrons. The molecule has 2 rings (SSSR count). The molecule has 0 aromatic heterocycles. The maximum absolute atomic E-state index is 12.2. The standard InChI is InChI=1S/C14H10BrIN2O4/c1-22-13-5-2-8(6-12(13)18(20)21)14(19)17-11-4-3-9(15)7-10(11)16/h2-7H,1H3,(H,17,19). The van der Waals surface area contributed by atoms with Gasteiger partial charge in [-0.15, -0.1) is 0 Å². The zero-order valence-electron chi connectivity index (χ0n) is 11.3. The summed E-state index contributed by atoms with van der Waals surface area (Å²) in [5.74, 6) is -0.314. The van der Waals surface area contributed by atoms with Crippen molar-refractivity contribution in [2.75, 3.05) is 12.4 Å². The molecule has 1 N–H and O–H groups in total. The molecule has 0 heterocycles. The lowest BCUT2D eigenvalue weighted by molar-refractivity contribution is -0.385. The number of hydrogen-bond acceptors (Lipinski definition) is 4. The first kappa shape index (κ1) is 16.7. The van der Waals surface area contributed by atoms with Crippen molar-refractivity contribution in [3.05, 3.63) is 60.1 Å². The number of methoxy groups -OCH3 is 1. The Labute approximate surface area is 148 Å². The van der Waals surface area contributed by atoms with Crippen molar-refractivity contribution in [1.82, 2.24) is 0 Å². The molecule has 6 nitrogen and oxygen atoms in total. The molecule has 0 atom stereocenters. The minimum atomic E-state index is -0.584. The fraction of sp³-hybridized carbons (Fsp3) is 0.0714. The number of rotatable bonds is 4. The molecule has 0 saturated carbocycles. The Hall–Kier alpha value is -1.68. The Balaban J connectivity index is 2.30. The van der Waals surface area contributed by atoms with Gasteiger partial charge >= 0.3 is 5.69 Å². The molecular formula is C14H10BrIN2O4. The Morgan fingerprint density at radius 3 is 2.64 bits per heavy atom. The molecule has 0 spiro atoms. The summed E-state index contributed by atoms with van der Waals surface area (Å²) >= 11 is 5.44. The van der Waals surface area contributed by atoms with Crippen LogP contribution < -0.4 is 10.1 Å². The van der Waals surface area contributed by atoms with E-state index in [9.17, 15) is 14.9 Å². The molecule has 0 aliphatic heterocycles. The molecule has 0 unspecified atom stereocenters. The van der Waals surface area contributed by atoms with Crippen molar-refractivity contribution in [3.8, 4) is 5.75 Å². The predicted octanol–water partition coefficient (Wildman–Crippen LogP) is 4.22. The number of nitrogens with zero attached hydrogens (tertiary/aromatic N) is 1. The first-order valence-electron chi connectivity index (χ1n) is 6.01. The minimum Gasteiger partial charge on any atom is -0.490 e. The lowest BCUT2D eigenvalue weighted by Gasteiger charge is -2.09. The number of carbonyl (C=O) groups is 1. The second-order valence-corrected chi connectivity index (χ2v) is 6.30. The second-order valence-electron chi connectivity index (χ2n) is 4.22. The third kappa shape index (κ3) is 3.74. The number of nitro benzene ring substituents is 1. The zero-order valence-corrected chi connectivity index (χ0v) is 15.0. The SMILES string of the molecule is COc1ccc(C(=O)Nc2ccc(Br)cc2I)cc1[N+](=O)[O-].